The van der Waals surface area contributed by atoms with E-state index in [1.807, 2.05) is 6.92 Å². The minimum atomic E-state index is -0.189. The van der Waals surface area contributed by atoms with E-state index in [4.69, 9.17) is 0 Å². The maximum atomic E-state index is 13.2. The zero-order valence-corrected chi connectivity index (χ0v) is 18.3. The molecule has 154 valence electrons. The van der Waals surface area contributed by atoms with Gasteiger partial charge in [-0.25, -0.2) is 0 Å². The van der Waals surface area contributed by atoms with Crippen molar-refractivity contribution in [1.29, 1.82) is 0 Å². The number of carbonyl (C=O) groups is 1. The average Bonchev–Trinajstić information content (AvgIpc) is 3.38. The summed E-state index contributed by atoms with van der Waals surface area (Å²) in [5.74, 6) is 0.450. The molecule has 4 atom stereocenters. The third-order valence-electron chi connectivity index (χ3n) is 6.33. The molecule has 3 heterocycles. The van der Waals surface area contributed by atoms with Crippen LogP contribution in [0.25, 0.3) is 10.9 Å². The molecule has 3 aromatic rings. The van der Waals surface area contributed by atoms with Crippen LogP contribution >= 0.6 is 11.3 Å². The molecule has 29 heavy (non-hydrogen) atoms. The van der Waals surface area contributed by atoms with E-state index in [1.165, 1.54) is 22.2 Å². The molecular formula is C24H31N3OS. The molecule has 4 nitrogen and oxygen atoms in total. The Morgan fingerprint density at radius 2 is 1.97 bits per heavy atom. The lowest BCUT2D eigenvalue weighted by molar-refractivity contribution is -0.139. The fraction of sp³-hybridized carbons (Fsp3) is 0.458. The van der Waals surface area contributed by atoms with Gasteiger partial charge in [0.1, 0.15) is 0 Å². The molecule has 0 radical (unpaired) electrons. The second-order valence-electron chi connectivity index (χ2n) is 8.36. The Kier molecular flexibility index (Phi) is 6.07. The van der Waals surface area contributed by atoms with E-state index in [1.54, 1.807) is 11.3 Å². The number of carbonyl (C=O) groups excluding carboxylic acids is 1. The van der Waals surface area contributed by atoms with E-state index in [0.29, 0.717) is 12.1 Å². The van der Waals surface area contributed by atoms with Gasteiger partial charge in [-0.2, -0.15) is 0 Å². The smallest absolute Gasteiger partial charge is 0.239 e. The Morgan fingerprint density at radius 3 is 2.69 bits per heavy atom. The molecule has 2 N–H and O–H groups in total. The van der Waals surface area contributed by atoms with Crippen LogP contribution in [0.1, 0.15) is 56.4 Å². The normalized spacial score (nSPS) is 22.0. The standard InChI is InChI=1S/C24H31N3OS/c1-16-8-6-9-17(2)27(16)24(28)18(3)25-15-21(23-12-7-13-29-23)20-14-26-22-11-5-4-10-19(20)22/h4-5,7,10-14,16-18,21,25-26H,6,8-9,15H2,1-3H3/t16-,17+,18-,21-/m0/s1. The number of thiophene rings is 1. The minimum absolute atomic E-state index is 0.189. The van der Waals surface area contributed by atoms with E-state index < -0.39 is 0 Å². The van der Waals surface area contributed by atoms with Gasteiger partial charge in [-0.05, 0) is 63.1 Å². The van der Waals surface area contributed by atoms with E-state index in [0.717, 1.165) is 24.9 Å². The van der Waals surface area contributed by atoms with Gasteiger partial charge in [-0.15, -0.1) is 11.3 Å². The predicted octanol–water partition coefficient (Wildman–Crippen LogP) is 5.13. The number of fused-ring (bicyclic) bond motifs is 1. The molecule has 1 saturated heterocycles. The van der Waals surface area contributed by atoms with Gasteiger partial charge in [0.15, 0.2) is 0 Å². The zero-order chi connectivity index (χ0) is 20.4. The molecule has 0 spiro atoms. The Morgan fingerprint density at radius 1 is 1.21 bits per heavy atom. The van der Waals surface area contributed by atoms with Gasteiger partial charge in [0.2, 0.25) is 5.91 Å². The molecule has 1 aliphatic rings. The number of aromatic nitrogens is 1. The molecule has 5 heteroatoms. The maximum absolute atomic E-state index is 13.2. The average molecular weight is 410 g/mol. The minimum Gasteiger partial charge on any atom is -0.361 e. The van der Waals surface area contributed by atoms with Crippen molar-refractivity contribution in [2.75, 3.05) is 6.54 Å². The summed E-state index contributed by atoms with van der Waals surface area (Å²) in [6, 6.07) is 13.2. The zero-order valence-electron chi connectivity index (χ0n) is 17.5. The molecule has 1 aromatic carbocycles. The second kappa shape index (κ2) is 8.72. The Hall–Kier alpha value is -2.11. The number of amides is 1. The van der Waals surface area contributed by atoms with Gasteiger partial charge in [0.05, 0.1) is 6.04 Å². The number of H-pyrrole nitrogens is 1. The van der Waals surface area contributed by atoms with Gasteiger partial charge < -0.3 is 15.2 Å². The van der Waals surface area contributed by atoms with Crippen LogP contribution < -0.4 is 5.32 Å². The quantitative estimate of drug-likeness (QED) is 0.593. The molecule has 0 bridgehead atoms. The fourth-order valence-electron chi connectivity index (χ4n) is 4.70. The number of likely N-dealkylation sites (tertiary alicyclic amines) is 1. The lowest BCUT2D eigenvalue weighted by atomic mass is 9.95. The lowest BCUT2D eigenvalue weighted by Crippen LogP contribution is -2.54. The fourth-order valence-corrected chi connectivity index (χ4v) is 5.54. The van der Waals surface area contributed by atoms with E-state index >= 15 is 0 Å². The van der Waals surface area contributed by atoms with Gasteiger partial charge >= 0.3 is 0 Å². The highest BCUT2D eigenvalue weighted by Gasteiger charge is 2.32. The third-order valence-corrected chi connectivity index (χ3v) is 7.32. The number of benzene rings is 1. The van der Waals surface area contributed by atoms with E-state index in [9.17, 15) is 4.79 Å². The van der Waals surface area contributed by atoms with Crippen LogP contribution in [0.3, 0.4) is 0 Å². The number of piperidine rings is 1. The molecule has 1 amide bonds. The molecular weight excluding hydrogens is 378 g/mol. The van der Waals surface area contributed by atoms with E-state index in [-0.39, 0.29) is 17.9 Å². The predicted molar refractivity (Wildman–Crippen MR) is 122 cm³/mol. The topological polar surface area (TPSA) is 48.1 Å². The maximum Gasteiger partial charge on any atom is 0.239 e. The first-order valence-corrected chi connectivity index (χ1v) is 11.6. The van der Waals surface area contributed by atoms with Gasteiger partial charge in [0.25, 0.3) is 0 Å². The van der Waals surface area contributed by atoms with Crippen molar-refractivity contribution in [2.45, 2.75) is 64.1 Å². The first-order chi connectivity index (χ1) is 14.1. The number of rotatable bonds is 6. The van der Waals surface area contributed by atoms with Gasteiger partial charge in [0, 0.05) is 46.5 Å². The molecule has 0 unspecified atom stereocenters. The first kappa shape index (κ1) is 20.2. The van der Waals surface area contributed by atoms with Gasteiger partial charge in [-0.1, -0.05) is 24.3 Å². The Labute approximate surface area is 177 Å². The van der Waals surface area contributed by atoms with Crippen LogP contribution in [0.2, 0.25) is 0 Å². The molecule has 4 rings (SSSR count). The summed E-state index contributed by atoms with van der Waals surface area (Å²) in [6.07, 6.45) is 5.55. The molecule has 1 aliphatic heterocycles. The highest BCUT2D eigenvalue weighted by Crippen LogP contribution is 2.33. The second-order valence-corrected chi connectivity index (χ2v) is 9.34. The summed E-state index contributed by atoms with van der Waals surface area (Å²) in [6.45, 7) is 7.12. The summed E-state index contributed by atoms with van der Waals surface area (Å²) < 4.78 is 0. The SMILES string of the molecule is C[C@H](NC[C@H](c1cccs1)c1c[nH]c2ccccc12)C(=O)N1[C@H](C)CCC[C@@H]1C. The molecule has 0 saturated carbocycles. The Balaban J connectivity index is 1.52. The summed E-state index contributed by atoms with van der Waals surface area (Å²) >= 11 is 1.78. The van der Waals surface area contributed by atoms with E-state index in [2.05, 4.69) is 77.0 Å². The summed E-state index contributed by atoms with van der Waals surface area (Å²) in [4.78, 5) is 20.0. The van der Waals surface area contributed by atoms with Crippen LogP contribution in [0.4, 0.5) is 0 Å². The molecule has 0 aliphatic carbocycles. The number of nitrogens with zero attached hydrogens (tertiary/aromatic N) is 1. The van der Waals surface area contributed by atoms with Crippen molar-refractivity contribution in [1.82, 2.24) is 15.2 Å². The van der Waals surface area contributed by atoms with Crippen LogP contribution in [-0.4, -0.2) is 40.5 Å². The first-order valence-electron chi connectivity index (χ1n) is 10.7. The van der Waals surface area contributed by atoms with Crippen molar-refractivity contribution < 1.29 is 4.79 Å². The third kappa shape index (κ3) is 4.12. The van der Waals surface area contributed by atoms with Crippen LogP contribution in [0.5, 0.6) is 0 Å². The summed E-state index contributed by atoms with van der Waals surface area (Å²) in [5, 5.41) is 6.95. The van der Waals surface area contributed by atoms with Gasteiger partial charge in [-0.3, -0.25) is 4.79 Å². The number of nitrogens with one attached hydrogen (secondary N) is 2. The van der Waals surface area contributed by atoms with Crippen LogP contribution in [0.15, 0.2) is 48.0 Å². The number of aromatic amines is 1. The van der Waals surface area contributed by atoms with Crippen molar-refractivity contribution in [3.05, 3.63) is 58.4 Å². The monoisotopic (exact) mass is 409 g/mol. The highest BCUT2D eigenvalue weighted by atomic mass is 32.1. The van der Waals surface area contributed by atoms with Crippen molar-refractivity contribution >= 4 is 28.1 Å². The highest BCUT2D eigenvalue weighted by molar-refractivity contribution is 7.10. The summed E-state index contributed by atoms with van der Waals surface area (Å²) in [7, 11) is 0. The summed E-state index contributed by atoms with van der Waals surface area (Å²) in [5.41, 5.74) is 2.44. The largest absolute Gasteiger partial charge is 0.361 e. The van der Waals surface area contributed by atoms with Crippen molar-refractivity contribution in [3.8, 4) is 0 Å². The molecule has 1 fully saturated rings. The van der Waals surface area contributed by atoms with Crippen LogP contribution in [-0.2, 0) is 4.79 Å². The van der Waals surface area contributed by atoms with Crippen LogP contribution in [0, 0.1) is 0 Å². The van der Waals surface area contributed by atoms with Crippen molar-refractivity contribution in [2.24, 2.45) is 0 Å². The number of hydrogen-bond acceptors (Lipinski definition) is 3. The number of hydrogen-bond donors (Lipinski definition) is 2. The molecule has 2 aromatic heterocycles. The number of para-hydroxylation sites is 1. The van der Waals surface area contributed by atoms with Crippen molar-refractivity contribution in [3.63, 3.8) is 0 Å². The Bertz CT molecular complexity index is 938. The lowest BCUT2D eigenvalue weighted by Gasteiger charge is -2.40.